The van der Waals surface area contributed by atoms with E-state index < -0.39 is 29.0 Å². The lowest BCUT2D eigenvalue weighted by Crippen LogP contribution is -2.51. The Hall–Kier alpha value is -3.77. The molecule has 4 heterocycles. The molecule has 1 saturated heterocycles. The first-order valence-corrected chi connectivity index (χ1v) is 11.0. The Labute approximate surface area is 198 Å². The molecule has 13 heteroatoms. The van der Waals surface area contributed by atoms with Crippen molar-refractivity contribution >= 4 is 28.7 Å². The van der Waals surface area contributed by atoms with E-state index in [0.717, 1.165) is 4.57 Å². The molecular formula is C22H26F3N7O3. The monoisotopic (exact) mass is 493 g/mol. The number of halogens is 3. The van der Waals surface area contributed by atoms with Crippen molar-refractivity contribution in [2.75, 3.05) is 30.9 Å². The highest BCUT2D eigenvalue weighted by Crippen LogP contribution is 2.31. The number of fused-ring (bicyclic) bond motifs is 1. The van der Waals surface area contributed by atoms with E-state index in [1.807, 2.05) is 6.92 Å². The molecule has 2 N–H and O–H groups in total. The molecule has 10 nitrogen and oxygen atoms in total. The van der Waals surface area contributed by atoms with Crippen molar-refractivity contribution in [1.82, 2.24) is 24.4 Å². The predicted octanol–water partition coefficient (Wildman–Crippen LogP) is 3.21. The SMILES string of the molecule is COc1c[nH]c2ncc(N3CCC(N(C)C(=O)Nc4cc(C(F)(F)F)cn(C)c4=O)CC3C)nc12. The van der Waals surface area contributed by atoms with Crippen molar-refractivity contribution in [2.24, 2.45) is 7.05 Å². The zero-order valence-corrected chi connectivity index (χ0v) is 19.7. The molecule has 3 aromatic heterocycles. The summed E-state index contributed by atoms with van der Waals surface area (Å²) in [5.74, 6) is 1.27. The molecule has 0 bridgehead atoms. The van der Waals surface area contributed by atoms with E-state index in [4.69, 9.17) is 4.74 Å². The minimum atomic E-state index is -4.64. The molecule has 3 aromatic rings. The molecular weight excluding hydrogens is 467 g/mol. The zero-order chi connectivity index (χ0) is 25.5. The first-order valence-electron chi connectivity index (χ1n) is 11.0. The predicted molar refractivity (Wildman–Crippen MR) is 124 cm³/mol. The van der Waals surface area contributed by atoms with E-state index >= 15 is 0 Å². The van der Waals surface area contributed by atoms with Crippen LogP contribution in [0.5, 0.6) is 5.75 Å². The maximum absolute atomic E-state index is 13.1. The highest BCUT2D eigenvalue weighted by Gasteiger charge is 2.34. The summed E-state index contributed by atoms with van der Waals surface area (Å²) in [7, 11) is 4.33. The van der Waals surface area contributed by atoms with Crippen LogP contribution in [0.3, 0.4) is 0 Å². The summed E-state index contributed by atoms with van der Waals surface area (Å²) in [4.78, 5) is 40.7. The summed E-state index contributed by atoms with van der Waals surface area (Å²) in [6.45, 7) is 2.59. The number of hydrogen-bond donors (Lipinski definition) is 2. The van der Waals surface area contributed by atoms with Gasteiger partial charge >= 0.3 is 12.2 Å². The topological polar surface area (TPSA) is 108 Å². The number of piperidine rings is 1. The van der Waals surface area contributed by atoms with Gasteiger partial charge in [-0.2, -0.15) is 13.2 Å². The number of carbonyl (C=O) groups is 1. The third-order valence-electron chi connectivity index (χ3n) is 6.32. The van der Waals surface area contributed by atoms with E-state index in [1.54, 1.807) is 26.6 Å². The smallest absolute Gasteiger partial charge is 0.417 e. The molecule has 1 aliphatic heterocycles. The lowest BCUT2D eigenvalue weighted by Gasteiger charge is -2.41. The minimum absolute atomic E-state index is 0.00196. The Kier molecular flexibility index (Phi) is 6.34. The van der Waals surface area contributed by atoms with E-state index in [0.29, 0.717) is 54.4 Å². The van der Waals surface area contributed by atoms with Crippen LogP contribution < -0.4 is 20.5 Å². The number of anilines is 2. The molecule has 2 amide bonds. The summed E-state index contributed by atoms with van der Waals surface area (Å²) in [5, 5.41) is 2.35. The van der Waals surface area contributed by atoms with Crippen LogP contribution in [0.2, 0.25) is 0 Å². The fourth-order valence-corrected chi connectivity index (χ4v) is 4.32. The summed E-state index contributed by atoms with van der Waals surface area (Å²) in [6, 6.07) is -0.175. The van der Waals surface area contributed by atoms with Crippen LogP contribution >= 0.6 is 0 Å². The van der Waals surface area contributed by atoms with Crippen LogP contribution in [0, 0.1) is 0 Å². The number of rotatable bonds is 4. The minimum Gasteiger partial charge on any atom is -0.493 e. The average Bonchev–Trinajstić information content (AvgIpc) is 3.22. The molecule has 1 fully saturated rings. The van der Waals surface area contributed by atoms with Gasteiger partial charge in [-0.1, -0.05) is 0 Å². The number of pyridine rings is 1. The lowest BCUT2D eigenvalue weighted by molar-refractivity contribution is -0.138. The zero-order valence-electron chi connectivity index (χ0n) is 19.7. The number of aryl methyl sites for hydroxylation is 1. The number of aromatic nitrogens is 4. The van der Waals surface area contributed by atoms with Gasteiger partial charge in [-0.15, -0.1) is 0 Å². The number of alkyl halides is 3. The molecule has 2 atom stereocenters. The number of methoxy groups -OCH3 is 1. The number of nitrogens with one attached hydrogen (secondary N) is 2. The molecule has 35 heavy (non-hydrogen) atoms. The first-order chi connectivity index (χ1) is 16.5. The van der Waals surface area contributed by atoms with Gasteiger partial charge in [0.15, 0.2) is 16.9 Å². The molecule has 0 radical (unpaired) electrons. The van der Waals surface area contributed by atoms with Gasteiger partial charge in [-0.05, 0) is 25.8 Å². The second-order valence-corrected chi connectivity index (χ2v) is 8.60. The molecule has 0 aliphatic carbocycles. The highest BCUT2D eigenvalue weighted by molar-refractivity contribution is 5.89. The maximum atomic E-state index is 13.1. The molecule has 2 unspecified atom stereocenters. The summed E-state index contributed by atoms with van der Waals surface area (Å²) >= 11 is 0. The second kappa shape index (κ2) is 9.12. The number of carbonyl (C=O) groups excluding carboxylic acids is 1. The third kappa shape index (κ3) is 4.75. The van der Waals surface area contributed by atoms with Gasteiger partial charge in [0.2, 0.25) is 0 Å². The average molecular weight is 493 g/mol. The van der Waals surface area contributed by atoms with Crippen molar-refractivity contribution in [3.8, 4) is 5.75 Å². The van der Waals surface area contributed by atoms with Crippen molar-refractivity contribution < 1.29 is 22.7 Å². The Bertz CT molecular complexity index is 1300. The molecule has 0 saturated carbocycles. The highest BCUT2D eigenvalue weighted by atomic mass is 19.4. The van der Waals surface area contributed by atoms with E-state index in [1.165, 1.54) is 11.9 Å². The number of nitrogens with zero attached hydrogens (tertiary/aromatic N) is 5. The van der Waals surface area contributed by atoms with E-state index in [9.17, 15) is 22.8 Å². The van der Waals surface area contributed by atoms with Gasteiger partial charge in [0.1, 0.15) is 11.5 Å². The largest absolute Gasteiger partial charge is 0.493 e. The Morgan fingerprint density at radius 2 is 2.11 bits per heavy atom. The van der Waals surface area contributed by atoms with E-state index in [2.05, 4.69) is 25.2 Å². The molecule has 1 aliphatic rings. The van der Waals surface area contributed by atoms with Crippen molar-refractivity contribution in [2.45, 2.75) is 38.0 Å². The van der Waals surface area contributed by atoms with Crippen LogP contribution in [0.1, 0.15) is 25.3 Å². The number of hydrogen-bond acceptors (Lipinski definition) is 6. The van der Waals surface area contributed by atoms with Gasteiger partial charge in [0.25, 0.3) is 5.56 Å². The number of aromatic amines is 1. The summed E-state index contributed by atoms with van der Waals surface area (Å²) in [5.41, 5.74) is -0.925. The van der Waals surface area contributed by atoms with Crippen molar-refractivity contribution in [3.63, 3.8) is 0 Å². The van der Waals surface area contributed by atoms with Crippen LogP contribution in [-0.4, -0.2) is 63.2 Å². The fourth-order valence-electron chi connectivity index (χ4n) is 4.32. The Morgan fingerprint density at radius 1 is 1.37 bits per heavy atom. The molecule has 0 spiro atoms. The fraction of sp³-hybridized carbons (Fsp3) is 0.455. The van der Waals surface area contributed by atoms with E-state index in [-0.39, 0.29) is 12.1 Å². The van der Waals surface area contributed by atoms with Crippen LogP contribution in [0.25, 0.3) is 11.2 Å². The first kappa shape index (κ1) is 24.4. The lowest BCUT2D eigenvalue weighted by atomic mass is 9.97. The number of ether oxygens (including phenoxy) is 1. The Balaban J connectivity index is 1.46. The quantitative estimate of drug-likeness (QED) is 0.578. The van der Waals surface area contributed by atoms with Crippen LogP contribution in [0.15, 0.2) is 29.5 Å². The molecule has 4 rings (SSSR count). The Morgan fingerprint density at radius 3 is 2.77 bits per heavy atom. The van der Waals surface area contributed by atoms with Gasteiger partial charge in [0.05, 0.1) is 18.9 Å². The second-order valence-electron chi connectivity index (χ2n) is 8.60. The van der Waals surface area contributed by atoms with Crippen LogP contribution in [-0.2, 0) is 13.2 Å². The van der Waals surface area contributed by atoms with Crippen molar-refractivity contribution in [1.29, 1.82) is 0 Å². The van der Waals surface area contributed by atoms with Gasteiger partial charge in [-0.3, -0.25) is 4.79 Å². The van der Waals surface area contributed by atoms with Gasteiger partial charge < -0.3 is 29.4 Å². The molecule has 188 valence electrons. The third-order valence-corrected chi connectivity index (χ3v) is 6.32. The molecule has 0 aromatic carbocycles. The normalized spacial score (nSPS) is 18.5. The number of urea groups is 1. The van der Waals surface area contributed by atoms with Gasteiger partial charge in [-0.25, -0.2) is 14.8 Å². The van der Waals surface area contributed by atoms with Gasteiger partial charge in [0, 0.05) is 45.1 Å². The van der Waals surface area contributed by atoms with Crippen LogP contribution in [0.4, 0.5) is 29.5 Å². The summed E-state index contributed by atoms with van der Waals surface area (Å²) < 4.78 is 45.5. The number of amides is 2. The van der Waals surface area contributed by atoms with Crippen molar-refractivity contribution in [3.05, 3.63) is 40.6 Å². The summed E-state index contributed by atoms with van der Waals surface area (Å²) in [6.07, 6.45) is 0.607. The standard InChI is InChI=1S/C22H26F3N7O3/c1-12-7-14(5-6-32(12)17-10-27-19-18(29-17)16(35-4)9-26-19)31(3)21(34)28-15-8-13(22(23,24)25)11-30(2)20(15)33/h8-12,14H,5-7H2,1-4H3,(H,26,27)(H,28,34). The number of H-pyrrole nitrogens is 1. The maximum Gasteiger partial charge on any atom is 0.417 e.